The molecule has 0 spiro atoms. The van der Waals surface area contributed by atoms with E-state index in [4.69, 9.17) is 11.6 Å². The predicted molar refractivity (Wildman–Crippen MR) is 149 cm³/mol. The molecule has 3 aromatic rings. The highest BCUT2D eigenvalue weighted by molar-refractivity contribution is 6.34. The third kappa shape index (κ3) is 7.42. The van der Waals surface area contributed by atoms with E-state index in [0.717, 1.165) is 31.8 Å². The van der Waals surface area contributed by atoms with Crippen LogP contribution in [0.1, 0.15) is 76.2 Å². The van der Waals surface area contributed by atoms with Crippen molar-refractivity contribution in [1.82, 2.24) is 20.2 Å². The maximum Gasteiger partial charge on any atom is 0.276 e. The highest BCUT2D eigenvalue weighted by Gasteiger charge is 2.24. The molecule has 0 aliphatic carbocycles. The van der Waals surface area contributed by atoms with Crippen LogP contribution < -0.4 is 16.0 Å². The second-order valence-corrected chi connectivity index (χ2v) is 10.2. The van der Waals surface area contributed by atoms with Gasteiger partial charge in [-0.25, -0.2) is 9.37 Å². The number of amides is 3. The van der Waals surface area contributed by atoms with Crippen molar-refractivity contribution in [2.75, 3.05) is 36.8 Å². The number of benzene rings is 2. The lowest BCUT2D eigenvalue weighted by Gasteiger charge is -2.26. The minimum absolute atomic E-state index is 0.00230. The Morgan fingerprint density at radius 2 is 1.62 bits per heavy atom. The van der Waals surface area contributed by atoms with Crippen molar-refractivity contribution in [3.05, 3.63) is 76.1 Å². The number of nitrogens with one attached hydrogen (secondary N) is 4. The van der Waals surface area contributed by atoms with Gasteiger partial charge in [-0.15, -0.1) is 0 Å². The second-order valence-electron chi connectivity index (χ2n) is 9.77. The summed E-state index contributed by atoms with van der Waals surface area (Å²) < 4.78 is 13.3. The van der Waals surface area contributed by atoms with E-state index in [9.17, 15) is 18.8 Å². The first-order chi connectivity index (χ1) is 18.7. The Labute approximate surface area is 231 Å². The van der Waals surface area contributed by atoms with Gasteiger partial charge in [0.1, 0.15) is 17.3 Å². The smallest absolute Gasteiger partial charge is 0.276 e. The maximum absolute atomic E-state index is 13.3. The molecule has 1 aliphatic heterocycles. The average molecular weight is 555 g/mol. The molecule has 2 aromatic carbocycles. The molecule has 0 unspecified atom stereocenters. The van der Waals surface area contributed by atoms with Crippen LogP contribution in [0.2, 0.25) is 5.02 Å². The van der Waals surface area contributed by atoms with Crippen molar-refractivity contribution in [1.29, 1.82) is 0 Å². The number of hydrogen-bond donors (Lipinski definition) is 4. The van der Waals surface area contributed by atoms with Crippen LogP contribution in [-0.2, 0) is 0 Å². The van der Waals surface area contributed by atoms with Gasteiger partial charge in [0.25, 0.3) is 17.7 Å². The van der Waals surface area contributed by atoms with Crippen LogP contribution >= 0.6 is 11.6 Å². The van der Waals surface area contributed by atoms with Crippen LogP contribution in [0, 0.1) is 5.82 Å². The van der Waals surface area contributed by atoms with E-state index in [1.165, 1.54) is 25.3 Å². The Bertz CT molecular complexity index is 1340. The minimum atomic E-state index is -0.535. The minimum Gasteiger partial charge on any atom is -0.349 e. The van der Waals surface area contributed by atoms with Gasteiger partial charge < -0.3 is 25.8 Å². The van der Waals surface area contributed by atoms with Crippen molar-refractivity contribution >= 4 is 40.7 Å². The number of H-pyrrole nitrogens is 1. The lowest BCUT2D eigenvalue weighted by molar-refractivity contribution is 0.0929. The molecule has 2 heterocycles. The topological polar surface area (TPSA) is 119 Å². The van der Waals surface area contributed by atoms with Gasteiger partial charge in [0, 0.05) is 30.4 Å². The van der Waals surface area contributed by atoms with Crippen molar-refractivity contribution in [2.24, 2.45) is 0 Å². The van der Waals surface area contributed by atoms with Crippen LogP contribution in [0.3, 0.4) is 0 Å². The predicted octanol–water partition coefficient (Wildman–Crippen LogP) is 5.05. The molecular weight excluding hydrogens is 523 g/mol. The fraction of sp³-hybridized carbons (Fsp3) is 0.357. The summed E-state index contributed by atoms with van der Waals surface area (Å²) in [6.07, 6.45) is 3.59. The summed E-state index contributed by atoms with van der Waals surface area (Å²) in [6.45, 7) is 7.15. The number of aromatic nitrogens is 2. The normalized spacial score (nSPS) is 13.8. The molecule has 1 aromatic heterocycles. The molecule has 1 aliphatic rings. The number of piperidine rings is 1. The highest BCUT2D eigenvalue weighted by atomic mass is 35.5. The standard InChI is InChI=1S/C28H32ClFN6O3/c1-17(2)25-34-23(27(38)31-12-15-36-13-4-3-5-14-36)24(35-25)28(39)33-20-9-7-19(8-10-20)32-26(37)21-11-6-18(30)16-22(21)29/h6-11,16-17H,3-5,12-15H2,1-2H3,(H,31,38)(H,32,37)(H,33,39)(H,34,35). The third-order valence-electron chi connectivity index (χ3n) is 6.45. The van der Waals surface area contributed by atoms with Gasteiger partial charge in [-0.1, -0.05) is 31.9 Å². The molecule has 39 heavy (non-hydrogen) atoms. The molecule has 4 rings (SSSR count). The van der Waals surface area contributed by atoms with Crippen LogP contribution in [-0.4, -0.2) is 58.8 Å². The first-order valence-electron chi connectivity index (χ1n) is 13.0. The van der Waals surface area contributed by atoms with Crippen LogP contribution in [0.25, 0.3) is 0 Å². The van der Waals surface area contributed by atoms with Gasteiger partial charge in [-0.3, -0.25) is 14.4 Å². The fourth-order valence-corrected chi connectivity index (χ4v) is 4.54. The van der Waals surface area contributed by atoms with Crippen molar-refractivity contribution in [2.45, 2.75) is 39.0 Å². The molecule has 206 valence electrons. The fourth-order valence-electron chi connectivity index (χ4n) is 4.29. The van der Waals surface area contributed by atoms with Gasteiger partial charge in [0.2, 0.25) is 0 Å². The molecular formula is C28H32ClFN6O3. The van der Waals surface area contributed by atoms with E-state index >= 15 is 0 Å². The number of carbonyl (C=O) groups is 3. The number of rotatable bonds is 9. The monoisotopic (exact) mass is 554 g/mol. The zero-order valence-electron chi connectivity index (χ0n) is 21.9. The van der Waals surface area contributed by atoms with E-state index < -0.39 is 17.6 Å². The number of halogens is 2. The molecule has 11 heteroatoms. The van der Waals surface area contributed by atoms with Gasteiger partial charge in [-0.05, 0) is 68.4 Å². The van der Waals surface area contributed by atoms with E-state index in [2.05, 4.69) is 30.8 Å². The van der Waals surface area contributed by atoms with Crippen molar-refractivity contribution in [3.8, 4) is 0 Å². The summed E-state index contributed by atoms with van der Waals surface area (Å²) in [6, 6.07) is 9.94. The molecule has 9 nitrogen and oxygen atoms in total. The van der Waals surface area contributed by atoms with Crippen molar-refractivity contribution < 1.29 is 18.8 Å². The van der Waals surface area contributed by atoms with E-state index in [1.807, 2.05) is 13.8 Å². The zero-order valence-corrected chi connectivity index (χ0v) is 22.7. The van der Waals surface area contributed by atoms with Gasteiger partial charge in [-0.2, -0.15) is 0 Å². The first-order valence-corrected chi connectivity index (χ1v) is 13.4. The molecule has 0 bridgehead atoms. The first kappa shape index (κ1) is 28.3. The summed E-state index contributed by atoms with van der Waals surface area (Å²) in [5.74, 6) is -1.41. The number of imidazole rings is 1. The highest BCUT2D eigenvalue weighted by Crippen LogP contribution is 2.21. The van der Waals surface area contributed by atoms with E-state index in [1.54, 1.807) is 24.3 Å². The van der Waals surface area contributed by atoms with Crippen LogP contribution in [0.4, 0.5) is 15.8 Å². The van der Waals surface area contributed by atoms with Crippen LogP contribution in [0.15, 0.2) is 42.5 Å². The number of hydrogen-bond acceptors (Lipinski definition) is 5. The summed E-state index contributed by atoms with van der Waals surface area (Å²) in [5.41, 5.74) is 1.17. The van der Waals surface area contributed by atoms with E-state index in [-0.39, 0.29) is 33.8 Å². The average Bonchev–Trinajstić information content (AvgIpc) is 3.37. The largest absolute Gasteiger partial charge is 0.349 e. The Morgan fingerprint density at radius 3 is 2.23 bits per heavy atom. The lowest BCUT2D eigenvalue weighted by atomic mass is 10.1. The zero-order chi connectivity index (χ0) is 27.9. The molecule has 3 amide bonds. The molecule has 4 N–H and O–H groups in total. The molecule has 0 radical (unpaired) electrons. The van der Waals surface area contributed by atoms with Gasteiger partial charge in [0.15, 0.2) is 5.69 Å². The summed E-state index contributed by atoms with van der Waals surface area (Å²) in [4.78, 5) is 48.3. The lowest BCUT2D eigenvalue weighted by Crippen LogP contribution is -2.38. The summed E-state index contributed by atoms with van der Waals surface area (Å²) in [7, 11) is 0. The molecule has 0 saturated carbocycles. The van der Waals surface area contributed by atoms with Gasteiger partial charge >= 0.3 is 0 Å². The second kappa shape index (κ2) is 12.9. The molecule has 0 atom stereocenters. The quantitative estimate of drug-likeness (QED) is 0.295. The van der Waals surface area contributed by atoms with Crippen LogP contribution in [0.5, 0.6) is 0 Å². The Balaban J connectivity index is 1.39. The number of anilines is 2. The summed E-state index contributed by atoms with van der Waals surface area (Å²) >= 11 is 5.96. The number of carbonyl (C=O) groups excluding carboxylic acids is 3. The SMILES string of the molecule is CC(C)c1nc(C(=O)Nc2ccc(NC(=O)c3ccc(F)cc3Cl)cc2)c(C(=O)NCCN2CCCCC2)[nH]1. The number of aromatic amines is 1. The third-order valence-corrected chi connectivity index (χ3v) is 6.76. The number of likely N-dealkylation sites (tertiary alicyclic amines) is 1. The maximum atomic E-state index is 13.3. The molecule has 1 fully saturated rings. The molecule has 1 saturated heterocycles. The van der Waals surface area contributed by atoms with E-state index in [0.29, 0.717) is 23.7 Å². The van der Waals surface area contributed by atoms with Crippen molar-refractivity contribution in [3.63, 3.8) is 0 Å². The van der Waals surface area contributed by atoms with Gasteiger partial charge in [0.05, 0.1) is 10.6 Å². The Morgan fingerprint density at radius 1 is 0.974 bits per heavy atom. The number of nitrogens with zero attached hydrogens (tertiary/aromatic N) is 2. The Hall–Kier alpha value is -3.76. The Kier molecular flexibility index (Phi) is 9.32. The summed E-state index contributed by atoms with van der Waals surface area (Å²) in [5, 5.41) is 8.34.